The summed E-state index contributed by atoms with van der Waals surface area (Å²) < 4.78 is 2.09. The molecular weight excluding hydrogens is 332 g/mol. The van der Waals surface area contributed by atoms with Gasteiger partial charge in [0, 0.05) is 22.8 Å². The van der Waals surface area contributed by atoms with E-state index in [4.69, 9.17) is 0 Å². The highest BCUT2D eigenvalue weighted by Gasteiger charge is 2.27. The fourth-order valence-electron chi connectivity index (χ4n) is 2.44. The fraction of sp³-hybridized carbons (Fsp3) is 0.583. The summed E-state index contributed by atoms with van der Waals surface area (Å²) >= 11 is 7.04. The Morgan fingerprint density at radius 3 is 2.44 bits per heavy atom. The van der Waals surface area contributed by atoms with Crippen LogP contribution in [0.25, 0.3) is 0 Å². The number of piperidine rings is 1. The van der Waals surface area contributed by atoms with E-state index in [9.17, 15) is 0 Å². The van der Waals surface area contributed by atoms with E-state index in [0.29, 0.717) is 12.1 Å². The molecule has 2 atom stereocenters. The average Bonchev–Trinajstić information content (AvgIpc) is 2.20. The van der Waals surface area contributed by atoms with Crippen LogP contribution < -0.4 is 4.90 Å². The van der Waals surface area contributed by atoms with Crippen LogP contribution >= 0.6 is 31.9 Å². The molecule has 1 aliphatic rings. The van der Waals surface area contributed by atoms with Crippen molar-refractivity contribution in [3.8, 4) is 0 Å². The van der Waals surface area contributed by atoms with Gasteiger partial charge in [0.25, 0.3) is 0 Å². The van der Waals surface area contributed by atoms with Crippen LogP contribution in [0, 0.1) is 0 Å². The van der Waals surface area contributed by atoms with Crippen LogP contribution in [-0.2, 0) is 0 Å². The Bertz CT molecular complexity index is 371. The van der Waals surface area contributed by atoms with E-state index in [0.717, 1.165) is 14.8 Å². The minimum absolute atomic E-state index is 0.578. The minimum Gasteiger partial charge on any atom is -0.350 e. The first kappa shape index (κ1) is 12.4. The number of anilines is 1. The zero-order valence-corrected chi connectivity index (χ0v) is 12.8. The number of hydrogen-bond acceptors (Lipinski definition) is 2. The topological polar surface area (TPSA) is 16.1 Å². The zero-order valence-electron chi connectivity index (χ0n) is 9.58. The molecule has 0 N–H and O–H groups in total. The molecule has 2 nitrogen and oxygen atoms in total. The molecule has 1 fully saturated rings. The minimum atomic E-state index is 0.578. The lowest BCUT2D eigenvalue weighted by molar-refractivity contribution is 0.410. The predicted molar refractivity (Wildman–Crippen MR) is 74.9 cm³/mol. The van der Waals surface area contributed by atoms with Gasteiger partial charge in [-0.1, -0.05) is 0 Å². The molecule has 1 aromatic rings. The predicted octanol–water partition coefficient (Wildman–Crippen LogP) is 4.37. The molecule has 1 saturated heterocycles. The van der Waals surface area contributed by atoms with Gasteiger partial charge in [-0.15, -0.1) is 0 Å². The maximum Gasteiger partial charge on any atom is 0.143 e. The third-order valence-corrected chi connectivity index (χ3v) is 4.24. The monoisotopic (exact) mass is 346 g/mol. The van der Waals surface area contributed by atoms with Gasteiger partial charge in [0.15, 0.2) is 0 Å². The maximum absolute atomic E-state index is 4.53. The average molecular weight is 348 g/mol. The summed E-state index contributed by atoms with van der Waals surface area (Å²) in [5.74, 6) is 1.07. The fourth-order valence-corrected chi connectivity index (χ4v) is 3.63. The number of aromatic nitrogens is 1. The number of halogens is 2. The van der Waals surface area contributed by atoms with Crippen LogP contribution in [0.3, 0.4) is 0 Å². The lowest BCUT2D eigenvalue weighted by Crippen LogP contribution is -2.44. The maximum atomic E-state index is 4.53. The van der Waals surface area contributed by atoms with Crippen LogP contribution in [0.2, 0.25) is 0 Å². The van der Waals surface area contributed by atoms with Crippen molar-refractivity contribution in [3.63, 3.8) is 0 Å². The van der Waals surface area contributed by atoms with Gasteiger partial charge >= 0.3 is 0 Å². The van der Waals surface area contributed by atoms with Crippen LogP contribution in [0.5, 0.6) is 0 Å². The van der Waals surface area contributed by atoms with Gasteiger partial charge in [0.2, 0.25) is 0 Å². The Morgan fingerprint density at radius 1 is 1.25 bits per heavy atom. The van der Waals surface area contributed by atoms with Gasteiger partial charge in [-0.25, -0.2) is 4.98 Å². The lowest BCUT2D eigenvalue weighted by Gasteiger charge is -2.40. The van der Waals surface area contributed by atoms with E-state index in [-0.39, 0.29) is 0 Å². The Balaban J connectivity index is 2.34. The highest BCUT2D eigenvalue weighted by Crippen LogP contribution is 2.33. The number of rotatable bonds is 1. The van der Waals surface area contributed by atoms with Crippen LogP contribution in [0.1, 0.15) is 33.1 Å². The molecule has 0 aromatic carbocycles. The van der Waals surface area contributed by atoms with Gasteiger partial charge in [0.05, 0.1) is 4.47 Å². The third-order valence-electron chi connectivity index (χ3n) is 3.23. The number of pyridine rings is 1. The smallest absolute Gasteiger partial charge is 0.143 e. The molecule has 0 radical (unpaired) electrons. The summed E-state index contributed by atoms with van der Waals surface area (Å²) in [6, 6.07) is 3.22. The molecule has 1 aliphatic heterocycles. The van der Waals surface area contributed by atoms with E-state index in [1.807, 2.05) is 6.20 Å². The van der Waals surface area contributed by atoms with Crippen LogP contribution in [-0.4, -0.2) is 17.1 Å². The Morgan fingerprint density at radius 2 is 1.88 bits per heavy atom. The Labute approximate surface area is 114 Å². The van der Waals surface area contributed by atoms with Crippen molar-refractivity contribution >= 4 is 37.7 Å². The van der Waals surface area contributed by atoms with Gasteiger partial charge in [0.1, 0.15) is 5.82 Å². The first-order valence-corrected chi connectivity index (χ1v) is 7.27. The van der Waals surface area contributed by atoms with Gasteiger partial charge < -0.3 is 4.90 Å². The van der Waals surface area contributed by atoms with Crippen molar-refractivity contribution in [1.29, 1.82) is 0 Å². The van der Waals surface area contributed by atoms with E-state index in [2.05, 4.69) is 61.7 Å². The van der Waals surface area contributed by atoms with Crippen molar-refractivity contribution in [2.75, 3.05) is 4.90 Å². The molecule has 0 bridgehead atoms. The second kappa shape index (κ2) is 5.05. The van der Waals surface area contributed by atoms with Crippen molar-refractivity contribution in [2.45, 2.75) is 45.2 Å². The van der Waals surface area contributed by atoms with Crippen LogP contribution in [0.4, 0.5) is 5.82 Å². The summed E-state index contributed by atoms with van der Waals surface area (Å²) in [6.45, 7) is 4.57. The van der Waals surface area contributed by atoms with Gasteiger partial charge in [-0.3, -0.25) is 0 Å². The SMILES string of the molecule is C[C@@H]1CCC[C@H](C)N1c1ncc(Br)cc1Br. The molecule has 4 heteroatoms. The Hall–Kier alpha value is -0.0900. The summed E-state index contributed by atoms with van der Waals surface area (Å²) in [4.78, 5) is 6.97. The molecule has 2 rings (SSSR count). The molecule has 0 unspecified atom stereocenters. The molecule has 0 aliphatic carbocycles. The highest BCUT2D eigenvalue weighted by molar-refractivity contribution is 9.11. The molecule has 88 valence electrons. The summed E-state index contributed by atoms with van der Waals surface area (Å²) in [6.07, 6.45) is 5.71. The molecular formula is C12H16Br2N2. The second-order valence-corrected chi connectivity index (χ2v) is 6.27. The largest absolute Gasteiger partial charge is 0.350 e. The van der Waals surface area contributed by atoms with Gasteiger partial charge in [-0.2, -0.15) is 0 Å². The molecule has 0 amide bonds. The zero-order chi connectivity index (χ0) is 11.7. The first-order valence-electron chi connectivity index (χ1n) is 5.69. The summed E-state index contributed by atoms with van der Waals surface area (Å²) in [7, 11) is 0. The quantitative estimate of drug-likeness (QED) is 0.749. The normalized spacial score (nSPS) is 25.9. The number of hydrogen-bond donors (Lipinski definition) is 0. The van der Waals surface area contributed by atoms with Crippen molar-refractivity contribution < 1.29 is 0 Å². The highest BCUT2D eigenvalue weighted by atomic mass is 79.9. The molecule has 0 spiro atoms. The number of nitrogens with zero attached hydrogens (tertiary/aromatic N) is 2. The van der Waals surface area contributed by atoms with E-state index in [1.165, 1.54) is 19.3 Å². The molecule has 2 heterocycles. The van der Waals surface area contributed by atoms with E-state index in [1.54, 1.807) is 0 Å². The third kappa shape index (κ3) is 2.43. The standard InChI is InChI=1S/C12H16Br2N2/c1-8-4-3-5-9(2)16(8)12-11(14)6-10(13)7-15-12/h6-9H,3-5H2,1-2H3/t8-,9+. The summed E-state index contributed by atoms with van der Waals surface area (Å²) in [5, 5.41) is 0. The first-order chi connectivity index (χ1) is 7.59. The van der Waals surface area contributed by atoms with Crippen molar-refractivity contribution in [1.82, 2.24) is 4.98 Å². The molecule has 16 heavy (non-hydrogen) atoms. The summed E-state index contributed by atoms with van der Waals surface area (Å²) in [5.41, 5.74) is 0. The van der Waals surface area contributed by atoms with Gasteiger partial charge in [-0.05, 0) is 71.0 Å². The van der Waals surface area contributed by atoms with E-state index >= 15 is 0 Å². The lowest BCUT2D eigenvalue weighted by atomic mass is 9.97. The van der Waals surface area contributed by atoms with Crippen molar-refractivity contribution in [2.24, 2.45) is 0 Å². The second-order valence-electron chi connectivity index (χ2n) is 4.50. The van der Waals surface area contributed by atoms with E-state index < -0.39 is 0 Å². The van der Waals surface area contributed by atoms with Crippen LogP contribution in [0.15, 0.2) is 21.2 Å². The molecule has 0 saturated carbocycles. The Kier molecular flexibility index (Phi) is 3.90. The molecule has 1 aromatic heterocycles. The van der Waals surface area contributed by atoms with Crippen molar-refractivity contribution in [3.05, 3.63) is 21.2 Å².